The van der Waals surface area contributed by atoms with Crippen LogP contribution in [0.15, 0.2) is 47.1 Å². The Kier molecular flexibility index (Phi) is 6.89. The van der Waals surface area contributed by atoms with Gasteiger partial charge in [-0.15, -0.1) is 0 Å². The number of benzene rings is 1. The number of furan rings is 1. The Morgan fingerprint density at radius 1 is 1.17 bits per heavy atom. The Bertz CT molecular complexity index is 871. The number of aryl methyl sites for hydroxylation is 1. The third-order valence-corrected chi connectivity index (χ3v) is 5.50. The number of likely N-dealkylation sites (N-methyl/N-ethyl adjacent to an activating group) is 1. The predicted molar refractivity (Wildman–Crippen MR) is 112 cm³/mol. The summed E-state index contributed by atoms with van der Waals surface area (Å²) in [7, 11) is 1.64. The van der Waals surface area contributed by atoms with Gasteiger partial charge in [-0.2, -0.15) is 0 Å². The molecule has 1 aliphatic rings. The minimum absolute atomic E-state index is 0.00651. The highest BCUT2D eigenvalue weighted by Gasteiger charge is 2.33. The average Bonchev–Trinajstić information content (AvgIpc) is 3.28. The maximum Gasteiger partial charge on any atom is 0.289 e. The van der Waals surface area contributed by atoms with E-state index in [-0.39, 0.29) is 30.3 Å². The summed E-state index contributed by atoms with van der Waals surface area (Å²) in [5.41, 5.74) is 1.82. The quantitative estimate of drug-likeness (QED) is 0.718. The van der Waals surface area contributed by atoms with E-state index in [0.29, 0.717) is 37.6 Å². The van der Waals surface area contributed by atoms with Crippen LogP contribution in [-0.2, 0) is 9.59 Å². The number of carbonyl (C=O) groups excluding carboxylic acids is 3. The SMILES string of the molecule is Cc1ccc(NC(=O)CN(C)C(=O)[C@@H](C)[NH+]2CCN(C(=O)c3ccco3)CC2)cc1. The van der Waals surface area contributed by atoms with E-state index >= 15 is 0 Å². The second-order valence-electron chi connectivity index (χ2n) is 7.76. The fourth-order valence-electron chi connectivity index (χ4n) is 3.62. The lowest BCUT2D eigenvalue weighted by molar-refractivity contribution is -0.918. The third kappa shape index (κ3) is 5.27. The summed E-state index contributed by atoms with van der Waals surface area (Å²) in [6, 6.07) is 10.6. The maximum absolute atomic E-state index is 12.8. The van der Waals surface area contributed by atoms with E-state index in [2.05, 4.69) is 5.32 Å². The van der Waals surface area contributed by atoms with E-state index in [4.69, 9.17) is 4.42 Å². The fourth-order valence-corrected chi connectivity index (χ4v) is 3.62. The molecule has 0 bridgehead atoms. The molecule has 160 valence electrons. The van der Waals surface area contributed by atoms with Crippen LogP contribution in [0.2, 0.25) is 0 Å². The number of quaternary nitrogens is 1. The van der Waals surface area contributed by atoms with Crippen LogP contribution in [0, 0.1) is 6.92 Å². The molecule has 1 aromatic carbocycles. The molecule has 1 aromatic heterocycles. The normalized spacial score (nSPS) is 15.5. The van der Waals surface area contributed by atoms with Crippen molar-refractivity contribution in [2.75, 3.05) is 45.1 Å². The lowest BCUT2D eigenvalue weighted by Crippen LogP contribution is -3.19. The number of nitrogens with zero attached hydrogens (tertiary/aromatic N) is 2. The van der Waals surface area contributed by atoms with Crippen LogP contribution >= 0.6 is 0 Å². The van der Waals surface area contributed by atoms with Gasteiger partial charge >= 0.3 is 0 Å². The molecule has 2 heterocycles. The number of hydrogen-bond donors (Lipinski definition) is 2. The monoisotopic (exact) mass is 413 g/mol. The standard InChI is InChI=1S/C22H28N4O4/c1-16-6-8-18(9-7-16)23-20(27)15-24(3)21(28)17(2)25-10-12-26(13-11-25)22(29)19-5-4-14-30-19/h4-9,14,17H,10-13,15H2,1-3H3,(H,23,27)/p+1/t17-/m1/s1. The van der Waals surface area contributed by atoms with Crippen molar-refractivity contribution in [3.05, 3.63) is 54.0 Å². The topological polar surface area (TPSA) is 87.3 Å². The zero-order valence-corrected chi connectivity index (χ0v) is 17.7. The highest BCUT2D eigenvalue weighted by atomic mass is 16.3. The van der Waals surface area contributed by atoms with Gasteiger partial charge in [0, 0.05) is 12.7 Å². The first kappa shape index (κ1) is 21.6. The van der Waals surface area contributed by atoms with E-state index in [1.165, 1.54) is 11.2 Å². The molecule has 0 saturated carbocycles. The Hall–Kier alpha value is -3.13. The van der Waals surface area contributed by atoms with Gasteiger partial charge in [0.25, 0.3) is 11.8 Å². The van der Waals surface area contributed by atoms with Crippen molar-refractivity contribution in [1.82, 2.24) is 9.80 Å². The molecule has 2 aromatic rings. The number of nitrogens with one attached hydrogen (secondary N) is 2. The van der Waals surface area contributed by atoms with Gasteiger partial charge in [-0.3, -0.25) is 14.4 Å². The second kappa shape index (κ2) is 9.58. The van der Waals surface area contributed by atoms with Crippen molar-refractivity contribution >= 4 is 23.4 Å². The summed E-state index contributed by atoms with van der Waals surface area (Å²) in [4.78, 5) is 41.8. The van der Waals surface area contributed by atoms with Crippen LogP contribution in [0.25, 0.3) is 0 Å². The van der Waals surface area contributed by atoms with Crippen LogP contribution in [0.4, 0.5) is 5.69 Å². The van der Waals surface area contributed by atoms with Gasteiger partial charge in [0.05, 0.1) is 39.0 Å². The number of carbonyl (C=O) groups is 3. The Morgan fingerprint density at radius 3 is 2.43 bits per heavy atom. The van der Waals surface area contributed by atoms with Gasteiger partial charge in [0.15, 0.2) is 11.8 Å². The molecular weight excluding hydrogens is 384 g/mol. The molecule has 8 nitrogen and oxygen atoms in total. The molecular formula is C22H29N4O4+. The summed E-state index contributed by atoms with van der Waals surface area (Å²) in [5, 5.41) is 2.81. The second-order valence-corrected chi connectivity index (χ2v) is 7.76. The number of piperazine rings is 1. The summed E-state index contributed by atoms with van der Waals surface area (Å²) in [6.45, 7) is 6.30. The number of hydrogen-bond acceptors (Lipinski definition) is 4. The van der Waals surface area contributed by atoms with Crippen molar-refractivity contribution in [2.45, 2.75) is 19.9 Å². The van der Waals surface area contributed by atoms with E-state index < -0.39 is 0 Å². The predicted octanol–water partition coefficient (Wildman–Crippen LogP) is 0.414. The molecule has 1 fully saturated rings. The van der Waals surface area contributed by atoms with Crippen LogP contribution < -0.4 is 10.2 Å². The summed E-state index contributed by atoms with van der Waals surface area (Å²) >= 11 is 0. The lowest BCUT2D eigenvalue weighted by atomic mass is 10.2. The van der Waals surface area contributed by atoms with Gasteiger partial charge in [-0.1, -0.05) is 17.7 Å². The maximum atomic E-state index is 12.8. The summed E-state index contributed by atoms with van der Waals surface area (Å²) < 4.78 is 5.18. The van der Waals surface area contributed by atoms with E-state index in [1.54, 1.807) is 24.1 Å². The first-order valence-corrected chi connectivity index (χ1v) is 10.1. The average molecular weight is 413 g/mol. The number of anilines is 1. The van der Waals surface area contributed by atoms with Crippen LogP contribution in [-0.4, -0.2) is 73.3 Å². The minimum atomic E-state index is -0.289. The lowest BCUT2D eigenvalue weighted by Gasteiger charge is -2.35. The third-order valence-electron chi connectivity index (χ3n) is 5.50. The van der Waals surface area contributed by atoms with Crippen LogP contribution in [0.1, 0.15) is 23.0 Å². The molecule has 8 heteroatoms. The molecule has 0 radical (unpaired) electrons. The van der Waals surface area contributed by atoms with E-state index in [9.17, 15) is 14.4 Å². The molecule has 2 N–H and O–H groups in total. The molecule has 1 aliphatic heterocycles. The van der Waals surface area contributed by atoms with Gasteiger partial charge < -0.3 is 24.4 Å². The molecule has 3 rings (SSSR count). The summed E-state index contributed by atoms with van der Waals surface area (Å²) in [5.74, 6) is -0.106. The zero-order valence-electron chi connectivity index (χ0n) is 17.7. The number of amides is 3. The van der Waals surface area contributed by atoms with Crippen molar-refractivity contribution < 1.29 is 23.7 Å². The first-order chi connectivity index (χ1) is 14.3. The van der Waals surface area contributed by atoms with Crippen molar-refractivity contribution in [1.29, 1.82) is 0 Å². The molecule has 30 heavy (non-hydrogen) atoms. The van der Waals surface area contributed by atoms with E-state index in [0.717, 1.165) is 10.5 Å². The largest absolute Gasteiger partial charge is 0.459 e. The number of rotatable bonds is 6. The van der Waals surface area contributed by atoms with Gasteiger partial charge in [-0.25, -0.2) is 0 Å². The molecule has 3 amide bonds. The highest BCUT2D eigenvalue weighted by molar-refractivity contribution is 5.95. The molecule has 0 spiro atoms. The van der Waals surface area contributed by atoms with Crippen LogP contribution in [0.5, 0.6) is 0 Å². The zero-order chi connectivity index (χ0) is 21.7. The Balaban J connectivity index is 1.47. The fraction of sp³-hybridized carbons (Fsp3) is 0.409. The molecule has 0 aliphatic carbocycles. The van der Waals surface area contributed by atoms with Crippen molar-refractivity contribution in [3.8, 4) is 0 Å². The molecule has 0 unspecified atom stereocenters. The van der Waals surface area contributed by atoms with Crippen molar-refractivity contribution in [2.24, 2.45) is 0 Å². The smallest absolute Gasteiger partial charge is 0.289 e. The first-order valence-electron chi connectivity index (χ1n) is 10.1. The minimum Gasteiger partial charge on any atom is -0.459 e. The Labute approximate surface area is 176 Å². The highest BCUT2D eigenvalue weighted by Crippen LogP contribution is 2.09. The van der Waals surface area contributed by atoms with E-state index in [1.807, 2.05) is 38.1 Å². The van der Waals surface area contributed by atoms with Crippen LogP contribution in [0.3, 0.4) is 0 Å². The summed E-state index contributed by atoms with van der Waals surface area (Å²) in [6.07, 6.45) is 1.49. The van der Waals surface area contributed by atoms with Gasteiger partial charge in [0.2, 0.25) is 5.91 Å². The van der Waals surface area contributed by atoms with Crippen molar-refractivity contribution in [3.63, 3.8) is 0 Å². The van der Waals surface area contributed by atoms with Gasteiger partial charge in [-0.05, 0) is 38.1 Å². The molecule has 1 saturated heterocycles. The van der Waals surface area contributed by atoms with Gasteiger partial charge in [0.1, 0.15) is 0 Å². The Morgan fingerprint density at radius 2 is 1.83 bits per heavy atom. The molecule has 1 atom stereocenters.